The number of Topliss-reactive ketones (excluding diaryl/α,β-unsaturated/α-hetero) is 1. The molecule has 2 unspecified atom stereocenters. The second kappa shape index (κ2) is 5.35. The molecule has 1 saturated heterocycles. The highest BCUT2D eigenvalue weighted by molar-refractivity contribution is 5.76. The first-order valence-corrected chi connectivity index (χ1v) is 5.08. The van der Waals surface area contributed by atoms with Crippen molar-refractivity contribution in [2.24, 2.45) is 0 Å². The summed E-state index contributed by atoms with van der Waals surface area (Å²) in [5, 5.41) is 3.34. The van der Waals surface area contributed by atoms with Crippen LogP contribution in [0.3, 0.4) is 0 Å². The first-order valence-electron chi connectivity index (χ1n) is 5.08. The molecule has 0 bridgehead atoms. The minimum absolute atomic E-state index is 0.239. The molecule has 0 aliphatic carbocycles. The van der Waals surface area contributed by atoms with Crippen LogP contribution < -0.4 is 5.32 Å². The summed E-state index contributed by atoms with van der Waals surface area (Å²) in [5.74, 6) is 0.240. The molecule has 0 aromatic heterocycles. The van der Waals surface area contributed by atoms with E-state index in [4.69, 9.17) is 4.74 Å². The second-order valence-corrected chi connectivity index (χ2v) is 3.60. The lowest BCUT2D eigenvalue weighted by Crippen LogP contribution is -2.47. The second-order valence-electron chi connectivity index (χ2n) is 3.60. The molecule has 0 amide bonds. The van der Waals surface area contributed by atoms with Gasteiger partial charge in [-0.25, -0.2) is 0 Å². The predicted molar refractivity (Wildman–Crippen MR) is 51.7 cm³/mol. The van der Waals surface area contributed by atoms with Gasteiger partial charge in [0.1, 0.15) is 5.78 Å². The largest absolute Gasteiger partial charge is 0.377 e. The van der Waals surface area contributed by atoms with E-state index in [0.717, 1.165) is 26.0 Å². The summed E-state index contributed by atoms with van der Waals surface area (Å²) in [5.41, 5.74) is 0. The lowest BCUT2D eigenvalue weighted by Gasteiger charge is -2.31. The van der Waals surface area contributed by atoms with E-state index >= 15 is 0 Å². The molecule has 1 aliphatic heterocycles. The summed E-state index contributed by atoms with van der Waals surface area (Å²) >= 11 is 0. The summed E-state index contributed by atoms with van der Waals surface area (Å²) in [6.07, 6.45) is 3.07. The Balaban J connectivity index is 2.41. The molecule has 0 aromatic rings. The van der Waals surface area contributed by atoms with Crippen LogP contribution in [0.2, 0.25) is 0 Å². The third-order valence-corrected chi connectivity index (χ3v) is 2.41. The Labute approximate surface area is 79.8 Å². The molecule has 1 rings (SSSR count). The number of piperidine rings is 1. The van der Waals surface area contributed by atoms with Gasteiger partial charge in [-0.2, -0.15) is 0 Å². The van der Waals surface area contributed by atoms with Crippen molar-refractivity contribution in [2.45, 2.75) is 45.3 Å². The van der Waals surface area contributed by atoms with Gasteiger partial charge in [-0.05, 0) is 33.2 Å². The summed E-state index contributed by atoms with van der Waals surface area (Å²) in [6.45, 7) is 5.39. The molecule has 76 valence electrons. The third kappa shape index (κ3) is 3.44. The van der Waals surface area contributed by atoms with E-state index < -0.39 is 0 Å². The van der Waals surface area contributed by atoms with Gasteiger partial charge in [-0.1, -0.05) is 0 Å². The molecule has 0 spiro atoms. The van der Waals surface area contributed by atoms with Crippen LogP contribution in [0.5, 0.6) is 0 Å². The van der Waals surface area contributed by atoms with Crippen LogP contribution in [-0.2, 0) is 9.53 Å². The molecular weight excluding hydrogens is 166 g/mol. The van der Waals surface area contributed by atoms with E-state index in [1.165, 1.54) is 0 Å². The SMILES string of the molecule is CCOC1CCCNC1CC(C)=O. The molecule has 0 saturated carbocycles. The fourth-order valence-electron chi connectivity index (χ4n) is 1.85. The Bertz CT molecular complexity index is 168. The van der Waals surface area contributed by atoms with Gasteiger partial charge in [-0.3, -0.25) is 4.79 Å². The molecule has 0 aromatic carbocycles. The minimum Gasteiger partial charge on any atom is -0.377 e. The summed E-state index contributed by atoms with van der Waals surface area (Å²) < 4.78 is 5.58. The van der Waals surface area contributed by atoms with Gasteiger partial charge >= 0.3 is 0 Å². The van der Waals surface area contributed by atoms with Crippen LogP contribution >= 0.6 is 0 Å². The first kappa shape index (κ1) is 10.7. The Morgan fingerprint density at radius 1 is 1.62 bits per heavy atom. The average molecular weight is 185 g/mol. The summed E-state index contributed by atoms with van der Waals surface area (Å²) in [6, 6.07) is 0.242. The van der Waals surface area contributed by atoms with E-state index in [1.54, 1.807) is 6.92 Å². The van der Waals surface area contributed by atoms with Gasteiger partial charge in [0.2, 0.25) is 0 Å². The fourth-order valence-corrected chi connectivity index (χ4v) is 1.85. The highest BCUT2D eigenvalue weighted by Crippen LogP contribution is 2.15. The number of carbonyl (C=O) groups excluding carboxylic acids is 1. The molecule has 13 heavy (non-hydrogen) atoms. The van der Waals surface area contributed by atoms with Crippen molar-refractivity contribution in [3.8, 4) is 0 Å². The van der Waals surface area contributed by atoms with Gasteiger partial charge in [0.05, 0.1) is 6.10 Å². The van der Waals surface area contributed by atoms with Gasteiger partial charge < -0.3 is 10.1 Å². The maximum Gasteiger partial charge on any atom is 0.131 e. The number of nitrogens with one attached hydrogen (secondary N) is 1. The van der Waals surface area contributed by atoms with Crippen LogP contribution in [-0.4, -0.2) is 31.1 Å². The van der Waals surface area contributed by atoms with Crippen LogP contribution in [0, 0.1) is 0 Å². The van der Waals surface area contributed by atoms with E-state index in [0.29, 0.717) is 6.42 Å². The minimum atomic E-state index is 0.239. The Hall–Kier alpha value is -0.410. The zero-order chi connectivity index (χ0) is 9.68. The van der Waals surface area contributed by atoms with Crippen LogP contribution in [0.15, 0.2) is 0 Å². The van der Waals surface area contributed by atoms with E-state index in [9.17, 15) is 4.79 Å². The molecule has 3 nitrogen and oxygen atoms in total. The van der Waals surface area contributed by atoms with Gasteiger partial charge in [-0.15, -0.1) is 0 Å². The van der Waals surface area contributed by atoms with Gasteiger partial charge in [0, 0.05) is 19.1 Å². The van der Waals surface area contributed by atoms with E-state index in [1.807, 2.05) is 6.92 Å². The molecule has 1 heterocycles. The predicted octanol–water partition coefficient (Wildman–Crippen LogP) is 1.12. The smallest absolute Gasteiger partial charge is 0.131 e. The molecule has 1 N–H and O–H groups in total. The Kier molecular flexibility index (Phi) is 4.39. The van der Waals surface area contributed by atoms with Crippen molar-refractivity contribution in [1.82, 2.24) is 5.32 Å². The zero-order valence-electron chi connectivity index (χ0n) is 8.51. The van der Waals surface area contributed by atoms with Crippen LogP contribution in [0.1, 0.15) is 33.1 Å². The van der Waals surface area contributed by atoms with Crippen molar-refractivity contribution in [3.05, 3.63) is 0 Å². The normalized spacial score (nSPS) is 28.8. The number of hydrogen-bond donors (Lipinski definition) is 1. The van der Waals surface area contributed by atoms with Crippen molar-refractivity contribution < 1.29 is 9.53 Å². The monoisotopic (exact) mass is 185 g/mol. The van der Waals surface area contributed by atoms with Gasteiger partial charge in [0.25, 0.3) is 0 Å². The number of ketones is 1. The lowest BCUT2D eigenvalue weighted by molar-refractivity contribution is -0.118. The van der Waals surface area contributed by atoms with Crippen molar-refractivity contribution >= 4 is 5.78 Å². The standard InChI is InChI=1S/C10H19NO2/c1-3-13-10-5-4-6-11-9(10)7-8(2)12/h9-11H,3-7H2,1-2H3. The number of rotatable bonds is 4. The van der Waals surface area contributed by atoms with Crippen molar-refractivity contribution in [1.29, 1.82) is 0 Å². The molecular formula is C10H19NO2. The fraction of sp³-hybridized carbons (Fsp3) is 0.900. The van der Waals surface area contributed by atoms with E-state index in [-0.39, 0.29) is 17.9 Å². The zero-order valence-corrected chi connectivity index (χ0v) is 8.51. The highest BCUT2D eigenvalue weighted by atomic mass is 16.5. The van der Waals surface area contributed by atoms with Crippen molar-refractivity contribution in [3.63, 3.8) is 0 Å². The molecule has 3 heteroatoms. The Morgan fingerprint density at radius 3 is 3.00 bits per heavy atom. The van der Waals surface area contributed by atoms with Gasteiger partial charge in [0.15, 0.2) is 0 Å². The van der Waals surface area contributed by atoms with Crippen LogP contribution in [0.4, 0.5) is 0 Å². The Morgan fingerprint density at radius 2 is 2.38 bits per heavy atom. The highest BCUT2D eigenvalue weighted by Gasteiger charge is 2.25. The summed E-state index contributed by atoms with van der Waals surface area (Å²) in [7, 11) is 0. The maximum atomic E-state index is 11.0. The maximum absolute atomic E-state index is 11.0. The quantitative estimate of drug-likeness (QED) is 0.713. The average Bonchev–Trinajstić information content (AvgIpc) is 2.08. The number of hydrogen-bond acceptors (Lipinski definition) is 3. The summed E-state index contributed by atoms with van der Waals surface area (Å²) in [4.78, 5) is 11.0. The number of ether oxygens (including phenoxy) is 1. The molecule has 0 radical (unpaired) electrons. The first-order chi connectivity index (χ1) is 6.24. The lowest BCUT2D eigenvalue weighted by atomic mass is 9.97. The van der Waals surface area contributed by atoms with Crippen molar-refractivity contribution in [2.75, 3.05) is 13.2 Å². The topological polar surface area (TPSA) is 38.3 Å². The van der Waals surface area contributed by atoms with E-state index in [2.05, 4.69) is 5.32 Å². The molecule has 2 atom stereocenters. The molecule has 1 fully saturated rings. The molecule has 1 aliphatic rings. The van der Waals surface area contributed by atoms with Crippen LogP contribution in [0.25, 0.3) is 0 Å². The third-order valence-electron chi connectivity index (χ3n) is 2.41. The number of carbonyl (C=O) groups is 1.